The molecule has 1 N–H and O–H groups in total. The van der Waals surface area contributed by atoms with Crippen molar-refractivity contribution < 1.29 is 0 Å². The molecule has 6 nitrogen and oxygen atoms in total. The Labute approximate surface area is 187 Å². The molecule has 1 aliphatic heterocycles. The Balaban J connectivity index is 1.11. The number of benzene rings is 1. The van der Waals surface area contributed by atoms with Gasteiger partial charge in [-0.15, -0.1) is 21.5 Å². The van der Waals surface area contributed by atoms with Gasteiger partial charge in [-0.25, -0.2) is 4.98 Å². The van der Waals surface area contributed by atoms with Crippen LogP contribution in [0.5, 0.6) is 0 Å². The summed E-state index contributed by atoms with van der Waals surface area (Å²) < 4.78 is 1.96. The van der Waals surface area contributed by atoms with Crippen LogP contribution in [0.25, 0.3) is 16.6 Å². The number of piperidine rings is 1. The second-order valence-electron chi connectivity index (χ2n) is 8.82. The van der Waals surface area contributed by atoms with Crippen LogP contribution in [-0.4, -0.2) is 49.3 Å². The van der Waals surface area contributed by atoms with Gasteiger partial charge in [-0.2, -0.15) is 0 Å². The molecule has 1 saturated heterocycles. The summed E-state index contributed by atoms with van der Waals surface area (Å²) >= 11 is 1.78. The van der Waals surface area contributed by atoms with Gasteiger partial charge in [-0.05, 0) is 68.5 Å². The van der Waals surface area contributed by atoms with Crippen molar-refractivity contribution >= 4 is 22.2 Å². The number of nitrogens with zero attached hydrogens (tertiary/aromatic N) is 5. The first-order valence-corrected chi connectivity index (χ1v) is 12.2. The number of nitrogens with one attached hydrogen (secondary N) is 1. The van der Waals surface area contributed by atoms with Gasteiger partial charge in [-0.1, -0.05) is 13.3 Å². The molecule has 3 aromatic heterocycles. The van der Waals surface area contributed by atoms with E-state index in [-0.39, 0.29) is 0 Å². The number of aryl methyl sites for hydroxylation is 1. The first-order chi connectivity index (χ1) is 15.3. The number of hydrogen-bond acceptors (Lipinski definition) is 5. The van der Waals surface area contributed by atoms with Crippen LogP contribution >= 0.6 is 11.3 Å². The zero-order valence-corrected chi connectivity index (χ0v) is 18.9. The van der Waals surface area contributed by atoms with Crippen LogP contribution in [-0.2, 0) is 6.42 Å². The standard InChI is InChI=1S/C24H30N6S/c1-18(24-25-9-12-31-24)15-29-10-7-19(8-11-29)3-2-4-20-14-26-23-6-5-21(13-22(20)23)30-16-27-28-17-30/h5-6,9,12-14,16-19,26H,2-4,7-8,10-11,15H2,1H3. The lowest BCUT2D eigenvalue weighted by Gasteiger charge is -2.33. The van der Waals surface area contributed by atoms with Crippen LogP contribution < -0.4 is 0 Å². The number of fused-ring (bicyclic) bond motifs is 1. The van der Waals surface area contributed by atoms with E-state index in [0.717, 1.165) is 24.6 Å². The number of thiazole rings is 1. The van der Waals surface area contributed by atoms with Crippen LogP contribution in [0.2, 0.25) is 0 Å². The summed E-state index contributed by atoms with van der Waals surface area (Å²) in [6, 6.07) is 6.50. The molecule has 7 heteroatoms. The SMILES string of the molecule is CC(CN1CCC(CCCc2c[nH]c3ccc(-n4cnnc4)cc23)CC1)c1nccs1. The maximum Gasteiger partial charge on any atom is 0.123 e. The Hall–Kier alpha value is -2.51. The summed E-state index contributed by atoms with van der Waals surface area (Å²) in [5.41, 5.74) is 3.73. The van der Waals surface area contributed by atoms with E-state index in [2.05, 4.69) is 61.8 Å². The number of aromatic amines is 1. The molecule has 0 amide bonds. The highest BCUT2D eigenvalue weighted by Gasteiger charge is 2.21. The second kappa shape index (κ2) is 9.32. The summed E-state index contributed by atoms with van der Waals surface area (Å²) in [5, 5.41) is 12.5. The zero-order valence-electron chi connectivity index (χ0n) is 18.1. The highest BCUT2D eigenvalue weighted by Crippen LogP contribution is 2.27. The van der Waals surface area contributed by atoms with E-state index < -0.39 is 0 Å². The third-order valence-electron chi connectivity index (χ3n) is 6.64. The van der Waals surface area contributed by atoms with Gasteiger partial charge in [0, 0.05) is 46.8 Å². The normalized spacial score (nSPS) is 16.8. The number of H-pyrrole nitrogens is 1. The molecule has 1 aliphatic rings. The molecule has 0 bridgehead atoms. The Bertz CT molecular complexity index is 1080. The number of likely N-dealkylation sites (tertiary alicyclic amines) is 1. The molecule has 1 atom stereocenters. The molecule has 1 fully saturated rings. The van der Waals surface area contributed by atoms with E-state index in [1.54, 1.807) is 24.0 Å². The van der Waals surface area contributed by atoms with Crippen LogP contribution in [0, 0.1) is 5.92 Å². The van der Waals surface area contributed by atoms with Crippen LogP contribution in [0.4, 0.5) is 0 Å². The minimum atomic E-state index is 0.543. The quantitative estimate of drug-likeness (QED) is 0.422. The maximum atomic E-state index is 4.48. The van der Waals surface area contributed by atoms with Crippen molar-refractivity contribution in [2.45, 2.75) is 44.9 Å². The Morgan fingerprint density at radius 1 is 1.19 bits per heavy atom. The fraction of sp³-hybridized carbons (Fsp3) is 0.458. The predicted octanol–water partition coefficient (Wildman–Crippen LogP) is 5.04. The van der Waals surface area contributed by atoms with Gasteiger partial charge in [0.25, 0.3) is 0 Å². The van der Waals surface area contributed by atoms with Gasteiger partial charge in [0.05, 0.1) is 5.01 Å². The van der Waals surface area contributed by atoms with Crippen molar-refractivity contribution in [3.05, 3.63) is 59.2 Å². The molecule has 0 spiro atoms. The third kappa shape index (κ3) is 4.72. The average molecular weight is 435 g/mol. The van der Waals surface area contributed by atoms with Crippen molar-refractivity contribution in [2.24, 2.45) is 5.92 Å². The summed E-state index contributed by atoms with van der Waals surface area (Å²) in [4.78, 5) is 10.6. The lowest BCUT2D eigenvalue weighted by atomic mass is 9.90. The zero-order chi connectivity index (χ0) is 21.0. The summed E-state index contributed by atoms with van der Waals surface area (Å²) in [6.07, 6.45) is 14.0. The minimum absolute atomic E-state index is 0.543. The van der Waals surface area contributed by atoms with Gasteiger partial charge < -0.3 is 9.88 Å². The topological polar surface area (TPSA) is 62.6 Å². The maximum absolute atomic E-state index is 4.48. The smallest absolute Gasteiger partial charge is 0.123 e. The highest BCUT2D eigenvalue weighted by atomic mass is 32.1. The largest absolute Gasteiger partial charge is 0.361 e. The van der Waals surface area contributed by atoms with E-state index in [1.807, 2.05) is 10.8 Å². The molecule has 162 valence electrons. The summed E-state index contributed by atoms with van der Waals surface area (Å²) in [7, 11) is 0. The lowest BCUT2D eigenvalue weighted by Crippen LogP contribution is -2.36. The highest BCUT2D eigenvalue weighted by molar-refractivity contribution is 7.09. The Morgan fingerprint density at radius 2 is 2.03 bits per heavy atom. The molecule has 0 radical (unpaired) electrons. The molecule has 0 aliphatic carbocycles. The lowest BCUT2D eigenvalue weighted by molar-refractivity contribution is 0.171. The van der Waals surface area contributed by atoms with E-state index >= 15 is 0 Å². The molecular formula is C24H30N6S. The summed E-state index contributed by atoms with van der Waals surface area (Å²) in [6.45, 7) is 5.91. The molecular weight excluding hydrogens is 404 g/mol. The van der Waals surface area contributed by atoms with E-state index in [4.69, 9.17) is 0 Å². The molecule has 1 unspecified atom stereocenters. The fourth-order valence-electron chi connectivity index (χ4n) is 4.85. The van der Waals surface area contributed by atoms with Crippen molar-refractivity contribution in [1.82, 2.24) is 29.6 Å². The number of rotatable bonds is 8. The van der Waals surface area contributed by atoms with E-state index in [9.17, 15) is 0 Å². The second-order valence-corrected chi connectivity index (χ2v) is 9.75. The third-order valence-corrected chi connectivity index (χ3v) is 7.65. The molecule has 1 aromatic carbocycles. The van der Waals surface area contributed by atoms with Crippen LogP contribution in [0.1, 0.15) is 49.1 Å². The van der Waals surface area contributed by atoms with Crippen molar-refractivity contribution in [3.8, 4) is 5.69 Å². The van der Waals surface area contributed by atoms with Gasteiger partial charge in [0.2, 0.25) is 0 Å². The number of hydrogen-bond donors (Lipinski definition) is 1. The minimum Gasteiger partial charge on any atom is -0.361 e. The van der Waals surface area contributed by atoms with Gasteiger partial charge in [0.15, 0.2) is 0 Å². The van der Waals surface area contributed by atoms with Crippen LogP contribution in [0.15, 0.2) is 48.6 Å². The summed E-state index contributed by atoms with van der Waals surface area (Å²) in [5.74, 6) is 1.41. The van der Waals surface area contributed by atoms with Crippen molar-refractivity contribution in [3.63, 3.8) is 0 Å². The first kappa shape index (κ1) is 20.4. The fourth-order valence-corrected chi connectivity index (χ4v) is 5.54. The average Bonchev–Trinajstić information content (AvgIpc) is 3.56. The van der Waals surface area contributed by atoms with Gasteiger partial charge >= 0.3 is 0 Å². The Morgan fingerprint density at radius 3 is 2.81 bits per heavy atom. The Kier molecular flexibility index (Phi) is 6.13. The molecule has 31 heavy (non-hydrogen) atoms. The molecule has 4 heterocycles. The van der Waals surface area contributed by atoms with Crippen LogP contribution in [0.3, 0.4) is 0 Å². The predicted molar refractivity (Wildman–Crippen MR) is 126 cm³/mol. The molecule has 5 rings (SSSR count). The monoisotopic (exact) mass is 434 g/mol. The molecule has 0 saturated carbocycles. The van der Waals surface area contributed by atoms with E-state index in [0.29, 0.717) is 5.92 Å². The van der Waals surface area contributed by atoms with Crippen molar-refractivity contribution in [1.29, 1.82) is 0 Å². The number of aromatic nitrogens is 5. The molecule has 4 aromatic rings. The van der Waals surface area contributed by atoms with Gasteiger partial charge in [0.1, 0.15) is 12.7 Å². The van der Waals surface area contributed by atoms with Crippen molar-refractivity contribution in [2.75, 3.05) is 19.6 Å². The van der Waals surface area contributed by atoms with Gasteiger partial charge in [-0.3, -0.25) is 4.57 Å². The first-order valence-electron chi connectivity index (χ1n) is 11.3. The van der Waals surface area contributed by atoms with E-state index in [1.165, 1.54) is 60.2 Å².